The second-order valence-corrected chi connectivity index (χ2v) is 9.62. The average molecular weight is 461 g/mol. The second kappa shape index (κ2) is 21.3. The van der Waals surface area contributed by atoms with Gasteiger partial charge in [0.25, 0.3) is 0 Å². The number of carbonyl (C=O) groups is 1. The Bertz CT molecular complexity index is 557. The Morgan fingerprint density at radius 2 is 1.73 bits per heavy atom. The highest BCUT2D eigenvalue weighted by Crippen LogP contribution is 2.34. The number of hydrogen-bond donors (Lipinski definition) is 0. The Balaban J connectivity index is 2.37. The lowest BCUT2D eigenvalue weighted by Crippen LogP contribution is -2.20. The molecule has 0 saturated heterocycles. The van der Waals surface area contributed by atoms with Crippen molar-refractivity contribution in [1.29, 1.82) is 0 Å². The van der Waals surface area contributed by atoms with Crippen LogP contribution in [0.4, 0.5) is 0 Å². The van der Waals surface area contributed by atoms with Gasteiger partial charge in [-0.2, -0.15) is 0 Å². The number of unbranched alkanes of at least 4 members (excludes halogenated alkanes) is 7. The van der Waals surface area contributed by atoms with Crippen LogP contribution >= 0.6 is 0 Å². The van der Waals surface area contributed by atoms with Gasteiger partial charge >= 0.3 is 5.97 Å². The van der Waals surface area contributed by atoms with Crippen LogP contribution in [-0.2, 0) is 14.3 Å². The number of ether oxygens (including phenoxy) is 2. The summed E-state index contributed by atoms with van der Waals surface area (Å²) < 4.78 is 10.8. The largest absolute Gasteiger partial charge is 0.463 e. The summed E-state index contributed by atoms with van der Waals surface area (Å²) in [5, 5.41) is 0. The first-order valence-corrected chi connectivity index (χ1v) is 14.1. The van der Waals surface area contributed by atoms with Gasteiger partial charge in [0.1, 0.15) is 6.61 Å². The first-order chi connectivity index (χ1) is 16.2. The molecule has 1 aliphatic rings. The lowest BCUT2D eigenvalue weighted by atomic mass is 9.92. The van der Waals surface area contributed by atoms with Crippen molar-refractivity contribution in [2.45, 2.75) is 124 Å². The van der Waals surface area contributed by atoms with Crippen LogP contribution in [-0.4, -0.2) is 25.8 Å². The maximum atomic E-state index is 12.6. The molecule has 1 saturated carbocycles. The van der Waals surface area contributed by atoms with Crippen LogP contribution in [0.1, 0.15) is 124 Å². The zero-order valence-corrected chi connectivity index (χ0v) is 22.0. The van der Waals surface area contributed by atoms with Crippen LogP contribution in [0.2, 0.25) is 0 Å². The fraction of sp³-hybridized carbons (Fsp3) is 0.833. The minimum absolute atomic E-state index is 0.0194. The van der Waals surface area contributed by atoms with Crippen molar-refractivity contribution in [3.8, 4) is 11.8 Å². The van der Waals surface area contributed by atoms with Gasteiger partial charge in [0.05, 0.1) is 12.5 Å². The van der Waals surface area contributed by atoms with E-state index in [9.17, 15) is 4.79 Å². The fourth-order valence-electron chi connectivity index (χ4n) is 4.70. The average Bonchev–Trinajstić information content (AvgIpc) is 3.27. The third kappa shape index (κ3) is 15.3. The molecule has 3 nitrogen and oxygen atoms in total. The van der Waals surface area contributed by atoms with E-state index in [2.05, 4.69) is 37.8 Å². The van der Waals surface area contributed by atoms with Crippen molar-refractivity contribution in [2.75, 3.05) is 19.8 Å². The van der Waals surface area contributed by atoms with Crippen LogP contribution in [0.15, 0.2) is 12.2 Å². The molecule has 0 aromatic rings. The van der Waals surface area contributed by atoms with E-state index in [0.29, 0.717) is 25.7 Å². The van der Waals surface area contributed by atoms with Crippen LogP contribution in [0.25, 0.3) is 0 Å². The quantitative estimate of drug-likeness (QED) is 0.0842. The van der Waals surface area contributed by atoms with Gasteiger partial charge in [-0.25, -0.2) is 0 Å². The molecular weight excluding hydrogens is 408 g/mol. The van der Waals surface area contributed by atoms with Crippen LogP contribution < -0.4 is 0 Å². The van der Waals surface area contributed by atoms with E-state index in [4.69, 9.17) is 9.47 Å². The predicted molar refractivity (Wildman–Crippen MR) is 140 cm³/mol. The Kier molecular flexibility index (Phi) is 19.2. The molecule has 0 N–H and O–H groups in total. The summed E-state index contributed by atoms with van der Waals surface area (Å²) in [7, 11) is 0. The SMILES string of the molecule is CCCCCCC#C[C@H]1CCC[C@@H]1CC=CCCC(CCCCCC)C(=O)OCCOCC. The van der Waals surface area contributed by atoms with Crippen molar-refractivity contribution in [3.05, 3.63) is 12.2 Å². The molecule has 0 aromatic heterocycles. The molecule has 0 amide bonds. The summed E-state index contributed by atoms with van der Waals surface area (Å²) in [6, 6.07) is 0. The molecule has 3 atom stereocenters. The summed E-state index contributed by atoms with van der Waals surface area (Å²) >= 11 is 0. The second-order valence-electron chi connectivity index (χ2n) is 9.62. The van der Waals surface area contributed by atoms with E-state index < -0.39 is 0 Å². The van der Waals surface area contributed by atoms with Crippen molar-refractivity contribution in [2.24, 2.45) is 17.8 Å². The highest BCUT2D eigenvalue weighted by molar-refractivity contribution is 5.72. The van der Waals surface area contributed by atoms with E-state index in [1.807, 2.05) is 6.92 Å². The van der Waals surface area contributed by atoms with Gasteiger partial charge in [-0.3, -0.25) is 4.79 Å². The van der Waals surface area contributed by atoms with Gasteiger partial charge in [-0.1, -0.05) is 83.3 Å². The molecule has 3 heteroatoms. The van der Waals surface area contributed by atoms with Gasteiger partial charge in [0.2, 0.25) is 0 Å². The molecule has 0 bridgehead atoms. The molecule has 0 spiro atoms. The number of rotatable bonds is 19. The Morgan fingerprint density at radius 3 is 2.48 bits per heavy atom. The van der Waals surface area contributed by atoms with Gasteiger partial charge in [0, 0.05) is 18.9 Å². The maximum absolute atomic E-state index is 12.6. The normalized spacial score (nSPS) is 18.9. The molecule has 33 heavy (non-hydrogen) atoms. The summed E-state index contributed by atoms with van der Waals surface area (Å²) in [4.78, 5) is 12.6. The van der Waals surface area contributed by atoms with Crippen molar-refractivity contribution in [3.63, 3.8) is 0 Å². The highest BCUT2D eigenvalue weighted by Gasteiger charge is 2.24. The first-order valence-electron chi connectivity index (χ1n) is 14.1. The van der Waals surface area contributed by atoms with Gasteiger partial charge < -0.3 is 9.47 Å². The molecule has 0 heterocycles. The van der Waals surface area contributed by atoms with Crippen LogP contribution in [0.3, 0.4) is 0 Å². The maximum Gasteiger partial charge on any atom is 0.309 e. The monoisotopic (exact) mass is 460 g/mol. The molecule has 1 aliphatic carbocycles. The molecular formula is C30H52O3. The smallest absolute Gasteiger partial charge is 0.309 e. The molecule has 0 radical (unpaired) electrons. The Morgan fingerprint density at radius 1 is 0.939 bits per heavy atom. The summed E-state index contributed by atoms with van der Waals surface area (Å²) in [5.74, 6) is 8.35. The van der Waals surface area contributed by atoms with Gasteiger partial charge in [-0.15, -0.1) is 5.92 Å². The van der Waals surface area contributed by atoms with Gasteiger partial charge in [-0.05, 0) is 57.8 Å². The van der Waals surface area contributed by atoms with Crippen molar-refractivity contribution in [1.82, 2.24) is 0 Å². The topological polar surface area (TPSA) is 35.5 Å². The molecule has 0 aliphatic heterocycles. The Labute approximate surface area is 205 Å². The number of esters is 1. The fourth-order valence-corrected chi connectivity index (χ4v) is 4.70. The molecule has 1 fully saturated rings. The van der Waals surface area contributed by atoms with Crippen molar-refractivity contribution >= 4 is 5.97 Å². The van der Waals surface area contributed by atoms with E-state index in [1.165, 1.54) is 64.2 Å². The standard InChI is InChI=1S/C30H52O3/c1-4-7-9-11-12-15-19-27-23-18-24-28(27)20-16-13-17-22-29(21-14-10-8-5-2)30(31)33-26-25-32-6-3/h13,16,27-29H,4-12,14,17-18,20-26H2,1-3H3/t27-,28-,29?/m0/s1. The number of hydrogen-bond acceptors (Lipinski definition) is 3. The zero-order chi connectivity index (χ0) is 24.0. The van der Waals surface area contributed by atoms with Crippen LogP contribution in [0, 0.1) is 29.6 Å². The molecule has 1 rings (SSSR count). The summed E-state index contributed by atoms with van der Waals surface area (Å²) in [6.45, 7) is 7.96. The number of allylic oxidation sites excluding steroid dienone is 2. The van der Waals surface area contributed by atoms with Gasteiger partial charge in [0.15, 0.2) is 0 Å². The minimum Gasteiger partial charge on any atom is -0.463 e. The minimum atomic E-state index is -0.0373. The van der Waals surface area contributed by atoms with E-state index in [0.717, 1.165) is 44.4 Å². The molecule has 190 valence electrons. The highest BCUT2D eigenvalue weighted by atomic mass is 16.6. The molecule has 1 unspecified atom stereocenters. The lowest BCUT2D eigenvalue weighted by molar-refractivity contribution is -0.150. The number of carbonyl (C=O) groups excluding carboxylic acids is 1. The molecule has 0 aromatic carbocycles. The first kappa shape index (κ1) is 29.8. The van der Waals surface area contributed by atoms with Crippen molar-refractivity contribution < 1.29 is 14.3 Å². The summed E-state index contributed by atoms with van der Waals surface area (Å²) in [5.41, 5.74) is 0. The Hall–Kier alpha value is -1.27. The predicted octanol–water partition coefficient (Wildman–Crippen LogP) is 8.27. The van der Waals surface area contributed by atoms with E-state index in [-0.39, 0.29) is 11.9 Å². The zero-order valence-electron chi connectivity index (χ0n) is 22.0. The lowest BCUT2D eigenvalue weighted by Gasteiger charge is -2.15. The summed E-state index contributed by atoms with van der Waals surface area (Å²) in [6.07, 6.45) is 23.5. The van der Waals surface area contributed by atoms with Crippen LogP contribution in [0.5, 0.6) is 0 Å². The third-order valence-electron chi connectivity index (χ3n) is 6.80. The third-order valence-corrected chi connectivity index (χ3v) is 6.80. The van der Waals surface area contributed by atoms with E-state index >= 15 is 0 Å². The van der Waals surface area contributed by atoms with E-state index in [1.54, 1.807) is 0 Å².